The number of rotatable bonds is 55. The third-order valence-electron chi connectivity index (χ3n) is 15.1. The molecule has 13 heteroatoms. The van der Waals surface area contributed by atoms with Crippen LogP contribution in [0.1, 0.15) is 309 Å². The monoisotopic (exact) mass is 1060 g/mol. The van der Waals surface area contributed by atoms with Crippen molar-refractivity contribution in [2.24, 2.45) is 0 Å². The Bertz CT molecular complexity index is 1340. The van der Waals surface area contributed by atoms with Gasteiger partial charge in [0.25, 0.3) is 0 Å². The van der Waals surface area contributed by atoms with E-state index in [0.29, 0.717) is 6.42 Å². The van der Waals surface area contributed by atoms with Crippen LogP contribution >= 0.6 is 0 Å². The van der Waals surface area contributed by atoms with Crippen LogP contribution in [-0.4, -0.2) is 95.4 Å². The highest BCUT2D eigenvalue weighted by Crippen LogP contribution is 2.26. The molecule has 0 aromatic carbocycles. The number of aliphatic hydroxyl groups is 4. The van der Waals surface area contributed by atoms with Crippen molar-refractivity contribution in [2.45, 2.75) is 352 Å². The molecule has 1 fully saturated rings. The first-order valence-corrected chi connectivity index (χ1v) is 32.4. The first-order chi connectivity index (χ1) is 35.5. The molecule has 73 heavy (non-hydrogen) atoms. The summed E-state index contributed by atoms with van der Waals surface area (Å²) in [5, 5.41) is 44.9. The average Bonchev–Trinajstić information content (AvgIpc) is 3.37. The number of carbonyl (C=O) groups is 1. The minimum atomic E-state index is -5.09. The van der Waals surface area contributed by atoms with Gasteiger partial charge in [0.15, 0.2) is 6.29 Å². The number of amides is 1. The lowest BCUT2D eigenvalue weighted by Crippen LogP contribution is -2.61. The molecule has 0 aliphatic carbocycles. The molecule has 12 nitrogen and oxygen atoms in total. The number of ether oxygens (including phenoxy) is 2. The second-order valence-corrected chi connectivity index (χ2v) is 23.1. The second kappa shape index (κ2) is 50.4. The predicted molar refractivity (Wildman–Crippen MR) is 301 cm³/mol. The SMILES string of the molecule is CCCCCCCCCCCCCC/C=C/C(O)C(COC1OC(CO)C(O)C(OS(=O)(=O)O)C1O)NC(=O)CCCCCCCCCCCCCCCCCCCCCCCCCCCCCCCCCC. The standard InChI is InChI=1S/C60H117NO11S/c1-3-5-7-9-11-13-15-17-19-20-21-22-23-24-25-26-27-28-29-30-31-32-33-34-35-36-38-40-42-44-46-48-50-56(64)61-53(52-70-60-58(66)59(72-73(67,68)69)57(65)55(51-62)71-60)54(63)49-47-45-43-41-39-37-18-16-14-12-10-8-6-4-2/h47,49,53-55,57-60,62-63,65-66H,3-46,48,50-52H2,1-2H3,(H,61,64)(H,67,68,69)/b49-47+. The lowest BCUT2D eigenvalue weighted by Gasteiger charge is -2.41. The maximum absolute atomic E-state index is 13.1. The van der Waals surface area contributed by atoms with Gasteiger partial charge in [-0.25, -0.2) is 4.18 Å². The number of carbonyl (C=O) groups excluding carboxylic acids is 1. The topological polar surface area (TPSA) is 192 Å². The number of unbranched alkanes of at least 4 members (excludes halogenated alkanes) is 43. The zero-order valence-corrected chi connectivity index (χ0v) is 48.0. The molecule has 1 aliphatic heterocycles. The quantitative estimate of drug-likeness (QED) is 0.0193. The summed E-state index contributed by atoms with van der Waals surface area (Å²) >= 11 is 0. The van der Waals surface area contributed by atoms with E-state index in [9.17, 15) is 38.2 Å². The average molecular weight is 1060 g/mol. The minimum absolute atomic E-state index is 0.256. The highest BCUT2D eigenvalue weighted by molar-refractivity contribution is 7.80. The molecule has 0 saturated carbocycles. The Morgan fingerprint density at radius 3 is 1.19 bits per heavy atom. The Hall–Kier alpha value is -1.16. The molecule has 1 saturated heterocycles. The first-order valence-electron chi connectivity index (χ1n) is 31.1. The zero-order valence-electron chi connectivity index (χ0n) is 47.2. The Morgan fingerprint density at radius 1 is 0.534 bits per heavy atom. The van der Waals surface area contributed by atoms with Gasteiger partial charge in [-0.2, -0.15) is 8.42 Å². The van der Waals surface area contributed by atoms with E-state index in [0.717, 1.165) is 38.5 Å². The van der Waals surface area contributed by atoms with Crippen LogP contribution in [0.4, 0.5) is 0 Å². The van der Waals surface area contributed by atoms with Gasteiger partial charge >= 0.3 is 10.4 Å². The maximum Gasteiger partial charge on any atom is 0.397 e. The molecule has 0 bridgehead atoms. The highest BCUT2D eigenvalue weighted by Gasteiger charge is 2.48. The third-order valence-corrected chi connectivity index (χ3v) is 15.5. The van der Waals surface area contributed by atoms with Crippen molar-refractivity contribution >= 4 is 16.3 Å². The lowest BCUT2D eigenvalue weighted by molar-refractivity contribution is -0.298. The summed E-state index contributed by atoms with van der Waals surface area (Å²) in [6.07, 6.45) is 52.9. The summed E-state index contributed by atoms with van der Waals surface area (Å²) in [5.74, 6) is -0.256. The summed E-state index contributed by atoms with van der Waals surface area (Å²) in [4.78, 5) is 13.1. The molecule has 1 amide bonds. The molecule has 434 valence electrons. The van der Waals surface area contributed by atoms with Gasteiger partial charge in [-0.3, -0.25) is 9.35 Å². The smallest absolute Gasteiger partial charge is 0.394 e. The van der Waals surface area contributed by atoms with E-state index in [1.807, 2.05) is 6.08 Å². The fraction of sp³-hybridized carbons (Fsp3) is 0.950. The van der Waals surface area contributed by atoms with Gasteiger partial charge in [-0.1, -0.05) is 296 Å². The van der Waals surface area contributed by atoms with Gasteiger partial charge in [-0.05, 0) is 19.3 Å². The Kier molecular flexibility index (Phi) is 48.2. The molecule has 7 atom stereocenters. The van der Waals surface area contributed by atoms with E-state index >= 15 is 0 Å². The van der Waals surface area contributed by atoms with Crippen LogP contribution in [0.5, 0.6) is 0 Å². The van der Waals surface area contributed by atoms with Gasteiger partial charge in [0.2, 0.25) is 5.91 Å². The van der Waals surface area contributed by atoms with E-state index in [1.54, 1.807) is 6.08 Å². The molecular weight excluding hydrogens is 943 g/mol. The van der Waals surface area contributed by atoms with E-state index < -0.39 is 59.9 Å². The molecule has 0 aromatic heterocycles. The zero-order chi connectivity index (χ0) is 53.3. The van der Waals surface area contributed by atoms with Crippen LogP contribution in [0, 0.1) is 0 Å². The summed E-state index contributed by atoms with van der Waals surface area (Å²) in [6.45, 7) is 3.43. The van der Waals surface area contributed by atoms with E-state index in [1.165, 1.54) is 244 Å². The maximum atomic E-state index is 13.1. The molecular formula is C60H117NO11S. The van der Waals surface area contributed by atoms with Crippen molar-refractivity contribution < 1.29 is 51.8 Å². The molecule has 7 unspecified atom stereocenters. The molecule has 1 heterocycles. The van der Waals surface area contributed by atoms with Crippen LogP contribution in [-0.2, 0) is 28.9 Å². The van der Waals surface area contributed by atoms with Crippen molar-refractivity contribution in [3.8, 4) is 0 Å². The molecule has 0 aromatic rings. The van der Waals surface area contributed by atoms with Gasteiger partial charge in [-0.15, -0.1) is 0 Å². The van der Waals surface area contributed by atoms with Gasteiger partial charge in [0.05, 0.1) is 25.4 Å². The summed E-state index contributed by atoms with van der Waals surface area (Å²) < 4.78 is 47.8. The second-order valence-electron chi connectivity index (χ2n) is 22.0. The number of hydrogen-bond donors (Lipinski definition) is 6. The summed E-state index contributed by atoms with van der Waals surface area (Å²) in [7, 11) is -5.09. The van der Waals surface area contributed by atoms with Crippen LogP contribution < -0.4 is 5.32 Å². The van der Waals surface area contributed by atoms with Crippen LogP contribution in [0.3, 0.4) is 0 Å². The minimum Gasteiger partial charge on any atom is -0.394 e. The van der Waals surface area contributed by atoms with Crippen LogP contribution in [0.15, 0.2) is 12.2 Å². The van der Waals surface area contributed by atoms with Crippen molar-refractivity contribution in [3.05, 3.63) is 12.2 Å². The van der Waals surface area contributed by atoms with Crippen molar-refractivity contribution in [2.75, 3.05) is 13.2 Å². The van der Waals surface area contributed by atoms with Gasteiger partial charge in [0, 0.05) is 6.42 Å². The Labute approximate surface area is 449 Å². The third kappa shape index (κ3) is 42.5. The number of nitrogens with one attached hydrogen (secondary N) is 1. The molecule has 0 spiro atoms. The largest absolute Gasteiger partial charge is 0.397 e. The normalized spacial score (nSPS) is 19.2. The first kappa shape index (κ1) is 69.9. The van der Waals surface area contributed by atoms with Gasteiger partial charge < -0.3 is 35.2 Å². The molecule has 1 rings (SSSR count). The lowest BCUT2D eigenvalue weighted by atomic mass is 9.99. The fourth-order valence-corrected chi connectivity index (χ4v) is 10.8. The van der Waals surface area contributed by atoms with Crippen molar-refractivity contribution in [1.29, 1.82) is 0 Å². The Morgan fingerprint density at radius 2 is 0.863 bits per heavy atom. The number of hydrogen-bond acceptors (Lipinski definition) is 10. The van der Waals surface area contributed by atoms with Crippen molar-refractivity contribution in [3.63, 3.8) is 0 Å². The summed E-state index contributed by atoms with van der Waals surface area (Å²) in [6, 6.07) is -0.940. The van der Waals surface area contributed by atoms with Gasteiger partial charge in [0.1, 0.15) is 24.4 Å². The molecule has 6 N–H and O–H groups in total. The van der Waals surface area contributed by atoms with E-state index in [2.05, 4.69) is 23.3 Å². The number of allylic oxidation sites excluding steroid dienone is 1. The molecule has 0 radical (unpaired) electrons. The van der Waals surface area contributed by atoms with Crippen molar-refractivity contribution in [1.82, 2.24) is 5.32 Å². The Balaban J connectivity index is 2.21. The van der Waals surface area contributed by atoms with Crippen LogP contribution in [0.25, 0.3) is 0 Å². The number of aliphatic hydroxyl groups excluding tert-OH is 4. The van der Waals surface area contributed by atoms with E-state index in [4.69, 9.17) is 9.47 Å². The summed E-state index contributed by atoms with van der Waals surface area (Å²) in [5.41, 5.74) is 0. The highest BCUT2D eigenvalue weighted by atomic mass is 32.3. The van der Waals surface area contributed by atoms with E-state index in [-0.39, 0.29) is 18.9 Å². The molecule has 1 aliphatic rings. The fourth-order valence-electron chi connectivity index (χ4n) is 10.3. The predicted octanol–water partition coefficient (Wildman–Crippen LogP) is 15.0. The van der Waals surface area contributed by atoms with Crippen LogP contribution in [0.2, 0.25) is 0 Å².